The second-order valence-electron chi connectivity index (χ2n) is 12.2. The molecule has 1 amide bonds. The molecular weight excluding hydrogens is 611 g/mol. The Kier molecular flexibility index (Phi) is 9.08. The lowest BCUT2D eigenvalue weighted by atomic mass is 9.95. The molecule has 0 unspecified atom stereocenters. The maximum absolute atomic E-state index is 14.0. The quantitative estimate of drug-likeness (QED) is 0.159. The average Bonchev–Trinajstić information content (AvgIpc) is 3.69. The summed E-state index contributed by atoms with van der Waals surface area (Å²) in [6.45, 7) is 6.76. The summed E-state index contributed by atoms with van der Waals surface area (Å²) in [6.07, 6.45) is 6.06. The van der Waals surface area contributed by atoms with Crippen molar-refractivity contribution < 1.29 is 9.53 Å². The third kappa shape index (κ3) is 6.36. The summed E-state index contributed by atoms with van der Waals surface area (Å²) in [5.41, 5.74) is 11.3. The first-order valence-electron chi connectivity index (χ1n) is 16.7. The minimum atomic E-state index is -0.0926. The molecule has 0 bridgehead atoms. The van der Waals surface area contributed by atoms with Crippen molar-refractivity contribution >= 4 is 34.1 Å². The summed E-state index contributed by atoms with van der Waals surface area (Å²) in [4.78, 5) is 20.4. The third-order valence-electron chi connectivity index (χ3n) is 9.02. The van der Waals surface area contributed by atoms with Crippen LogP contribution in [0, 0.1) is 13.8 Å². The van der Waals surface area contributed by atoms with Gasteiger partial charge in [0, 0.05) is 28.0 Å². The van der Waals surface area contributed by atoms with E-state index in [4.69, 9.17) is 9.73 Å². The van der Waals surface area contributed by atoms with Gasteiger partial charge in [-0.15, -0.1) is 11.3 Å². The van der Waals surface area contributed by atoms with Crippen LogP contribution in [0.3, 0.4) is 0 Å². The fourth-order valence-electron chi connectivity index (χ4n) is 6.49. The predicted octanol–water partition coefficient (Wildman–Crippen LogP) is 10.8. The molecule has 5 nitrogen and oxygen atoms in total. The van der Waals surface area contributed by atoms with Gasteiger partial charge in [0.1, 0.15) is 10.8 Å². The molecule has 0 radical (unpaired) electrons. The van der Waals surface area contributed by atoms with Crippen LogP contribution in [0.15, 0.2) is 114 Å². The second kappa shape index (κ2) is 13.9. The number of thiophene rings is 1. The zero-order valence-corrected chi connectivity index (χ0v) is 28.4. The van der Waals surface area contributed by atoms with Crippen molar-refractivity contribution in [2.75, 3.05) is 11.9 Å². The van der Waals surface area contributed by atoms with Gasteiger partial charge >= 0.3 is 0 Å². The van der Waals surface area contributed by atoms with Crippen LogP contribution in [0.25, 0.3) is 28.2 Å². The summed E-state index contributed by atoms with van der Waals surface area (Å²) >= 11 is 1.66. The van der Waals surface area contributed by atoms with Crippen molar-refractivity contribution in [2.24, 2.45) is 4.99 Å². The summed E-state index contributed by atoms with van der Waals surface area (Å²) in [5.74, 6) is 0.746. The molecule has 0 atom stereocenters. The Morgan fingerprint density at radius 2 is 1.56 bits per heavy atom. The molecule has 0 spiro atoms. The number of carbonyl (C=O) groups excluding carboxylic acids is 1. The molecule has 1 aliphatic carbocycles. The van der Waals surface area contributed by atoms with E-state index >= 15 is 0 Å². The highest BCUT2D eigenvalue weighted by molar-refractivity contribution is 7.16. The van der Waals surface area contributed by atoms with Crippen LogP contribution < -0.4 is 10.1 Å². The summed E-state index contributed by atoms with van der Waals surface area (Å²) in [5, 5.41) is 3.95. The van der Waals surface area contributed by atoms with E-state index < -0.39 is 0 Å². The van der Waals surface area contributed by atoms with Crippen molar-refractivity contribution in [3.63, 3.8) is 0 Å². The average molecular weight is 650 g/mol. The van der Waals surface area contributed by atoms with Crippen LogP contribution in [0.5, 0.6) is 5.75 Å². The number of carbonyl (C=O) groups is 1. The maximum Gasteiger partial charge on any atom is 0.259 e. The molecule has 0 fully saturated rings. The van der Waals surface area contributed by atoms with E-state index in [9.17, 15) is 4.79 Å². The highest BCUT2D eigenvalue weighted by atomic mass is 32.1. The fourth-order valence-corrected chi connectivity index (χ4v) is 7.72. The molecule has 6 heteroatoms. The zero-order valence-electron chi connectivity index (χ0n) is 27.6. The van der Waals surface area contributed by atoms with Crippen molar-refractivity contribution in [3.8, 4) is 34.0 Å². The number of fused-ring (bicyclic) bond motifs is 1. The number of anilines is 1. The van der Waals surface area contributed by atoms with E-state index in [-0.39, 0.29) is 5.91 Å². The first-order valence-corrected chi connectivity index (χ1v) is 17.5. The van der Waals surface area contributed by atoms with Gasteiger partial charge in [0.2, 0.25) is 0 Å². The molecule has 2 aromatic heterocycles. The van der Waals surface area contributed by atoms with Crippen molar-refractivity contribution in [1.82, 2.24) is 4.57 Å². The van der Waals surface area contributed by atoms with Crippen LogP contribution in [0.1, 0.15) is 57.3 Å². The number of rotatable bonds is 9. The standard InChI is InChI=1S/C42H39N3O2S/c1-4-47-35-23-21-34(22-24-35)45-37(30-13-7-5-8-14-30)26-32(40(45)31-15-9-6-10-16-31)27-43-42-39(36-17-11-12-18-38(36)48-42)41(46)44-33-20-19-28(2)29(3)25-33/h5-10,13-16,19-27H,4,11-12,17-18H2,1-3H3,(H,44,46). The fraction of sp³-hybridized carbons (Fsp3) is 0.190. The first-order chi connectivity index (χ1) is 23.5. The summed E-state index contributed by atoms with van der Waals surface area (Å²) < 4.78 is 8.07. The number of aliphatic imine (C=N–C) groups is 1. The summed E-state index contributed by atoms with van der Waals surface area (Å²) in [7, 11) is 0. The van der Waals surface area contributed by atoms with Crippen LogP contribution in [-0.4, -0.2) is 23.3 Å². The van der Waals surface area contributed by atoms with E-state index in [0.717, 1.165) is 87.0 Å². The van der Waals surface area contributed by atoms with Crippen LogP contribution in [0.2, 0.25) is 0 Å². The molecule has 2 heterocycles. The van der Waals surface area contributed by atoms with Crippen molar-refractivity contribution in [3.05, 3.63) is 142 Å². The SMILES string of the molecule is CCOc1ccc(-n2c(-c3ccccc3)cc(C=Nc3sc4c(c3C(=O)Nc3ccc(C)c(C)c3)CCCC4)c2-c2ccccc2)cc1. The smallest absolute Gasteiger partial charge is 0.259 e. The van der Waals surface area contributed by atoms with Gasteiger partial charge in [-0.2, -0.15) is 0 Å². The second-order valence-corrected chi connectivity index (χ2v) is 13.3. The van der Waals surface area contributed by atoms with Crippen LogP contribution in [0.4, 0.5) is 10.7 Å². The number of amides is 1. The normalized spacial score (nSPS) is 12.6. The summed E-state index contributed by atoms with van der Waals surface area (Å²) in [6, 6.07) is 37.4. The highest BCUT2D eigenvalue weighted by Gasteiger charge is 2.26. The highest BCUT2D eigenvalue weighted by Crippen LogP contribution is 2.41. The Morgan fingerprint density at radius 3 is 2.27 bits per heavy atom. The van der Waals surface area contributed by atoms with Crippen LogP contribution >= 0.6 is 11.3 Å². The molecule has 6 aromatic rings. The lowest BCUT2D eigenvalue weighted by Gasteiger charge is -2.15. The minimum Gasteiger partial charge on any atom is -0.494 e. The monoisotopic (exact) mass is 649 g/mol. The molecule has 7 rings (SSSR count). The Morgan fingerprint density at radius 1 is 0.854 bits per heavy atom. The lowest BCUT2D eigenvalue weighted by molar-refractivity contribution is 0.102. The Hall–Kier alpha value is -5.20. The molecule has 4 aromatic carbocycles. The van der Waals surface area contributed by atoms with E-state index in [1.165, 1.54) is 10.4 Å². The number of nitrogens with one attached hydrogen (secondary N) is 1. The van der Waals surface area contributed by atoms with Crippen molar-refractivity contribution in [1.29, 1.82) is 0 Å². The van der Waals surface area contributed by atoms with Gasteiger partial charge in [0.05, 0.1) is 23.6 Å². The number of benzene rings is 4. The Labute approximate surface area is 286 Å². The van der Waals surface area contributed by atoms with Gasteiger partial charge in [0.15, 0.2) is 0 Å². The van der Waals surface area contributed by atoms with E-state index in [1.807, 2.05) is 49.5 Å². The molecule has 240 valence electrons. The third-order valence-corrected chi connectivity index (χ3v) is 10.2. The van der Waals surface area contributed by atoms with Crippen LogP contribution in [-0.2, 0) is 12.8 Å². The maximum atomic E-state index is 14.0. The van der Waals surface area contributed by atoms with Gasteiger partial charge in [-0.05, 0) is 117 Å². The van der Waals surface area contributed by atoms with Gasteiger partial charge in [0.25, 0.3) is 5.91 Å². The molecule has 0 saturated heterocycles. The largest absolute Gasteiger partial charge is 0.494 e. The van der Waals surface area contributed by atoms with Gasteiger partial charge in [-0.3, -0.25) is 4.79 Å². The van der Waals surface area contributed by atoms with E-state index in [2.05, 4.69) is 96.5 Å². The molecule has 0 saturated carbocycles. The predicted molar refractivity (Wildman–Crippen MR) is 200 cm³/mol. The molecular formula is C42H39N3O2S. The van der Waals surface area contributed by atoms with Gasteiger partial charge < -0.3 is 14.6 Å². The van der Waals surface area contributed by atoms with E-state index in [1.54, 1.807) is 11.3 Å². The first kappa shape index (κ1) is 31.4. The number of ether oxygens (including phenoxy) is 1. The van der Waals surface area contributed by atoms with Crippen molar-refractivity contribution in [2.45, 2.75) is 46.5 Å². The molecule has 0 aliphatic heterocycles. The number of nitrogens with zero attached hydrogens (tertiary/aromatic N) is 2. The Balaban J connectivity index is 1.37. The topological polar surface area (TPSA) is 55.6 Å². The number of aromatic nitrogens is 1. The molecule has 48 heavy (non-hydrogen) atoms. The number of aryl methyl sites for hydroxylation is 3. The van der Waals surface area contributed by atoms with Gasteiger partial charge in [-0.25, -0.2) is 4.99 Å². The molecule has 1 aliphatic rings. The zero-order chi connectivity index (χ0) is 33.0. The van der Waals surface area contributed by atoms with E-state index in [0.29, 0.717) is 12.2 Å². The van der Waals surface area contributed by atoms with Gasteiger partial charge in [-0.1, -0.05) is 66.7 Å². The molecule has 1 N–H and O–H groups in total. The lowest BCUT2D eigenvalue weighted by Crippen LogP contribution is -2.15. The number of hydrogen-bond donors (Lipinski definition) is 1. The Bertz CT molecular complexity index is 2090. The minimum absolute atomic E-state index is 0.0926. The number of hydrogen-bond acceptors (Lipinski definition) is 4.